The fourth-order valence-electron chi connectivity index (χ4n) is 2.57. The van der Waals surface area contributed by atoms with Crippen molar-refractivity contribution < 1.29 is 13.9 Å². The first-order chi connectivity index (χ1) is 11.6. The lowest BCUT2D eigenvalue weighted by molar-refractivity contribution is -0.123. The molecule has 0 bridgehead atoms. The van der Waals surface area contributed by atoms with Crippen LogP contribution in [-0.2, 0) is 11.2 Å². The molecule has 0 radical (unpaired) electrons. The van der Waals surface area contributed by atoms with Crippen LogP contribution in [0.4, 0.5) is 0 Å². The molecule has 0 unspecified atom stereocenters. The quantitative estimate of drug-likeness (QED) is 0.751. The maximum atomic E-state index is 11.9. The summed E-state index contributed by atoms with van der Waals surface area (Å²) in [6.07, 6.45) is 2.48. The average Bonchev–Trinajstić information content (AvgIpc) is 2.99. The van der Waals surface area contributed by atoms with Gasteiger partial charge >= 0.3 is 0 Å². The zero-order valence-corrected chi connectivity index (χ0v) is 14.0. The molecule has 0 aliphatic carbocycles. The number of hydrogen-bond donors (Lipinski definition) is 1. The summed E-state index contributed by atoms with van der Waals surface area (Å²) in [4.78, 5) is 11.9. The van der Waals surface area contributed by atoms with Crippen LogP contribution in [-0.4, -0.2) is 19.1 Å². The van der Waals surface area contributed by atoms with Gasteiger partial charge in [0.1, 0.15) is 11.3 Å². The molecule has 0 spiro atoms. The smallest absolute Gasteiger partial charge is 0.257 e. The van der Waals surface area contributed by atoms with Gasteiger partial charge in [-0.1, -0.05) is 24.3 Å². The third kappa shape index (κ3) is 3.77. The molecule has 0 aliphatic rings. The van der Waals surface area contributed by atoms with Crippen LogP contribution in [0.1, 0.15) is 16.7 Å². The van der Waals surface area contributed by atoms with Gasteiger partial charge in [-0.15, -0.1) is 0 Å². The van der Waals surface area contributed by atoms with Crippen molar-refractivity contribution in [3.05, 3.63) is 65.4 Å². The second kappa shape index (κ2) is 7.21. The van der Waals surface area contributed by atoms with Crippen molar-refractivity contribution in [1.82, 2.24) is 5.32 Å². The van der Waals surface area contributed by atoms with Gasteiger partial charge in [-0.25, -0.2) is 0 Å². The second-order valence-corrected chi connectivity index (χ2v) is 5.89. The van der Waals surface area contributed by atoms with Crippen LogP contribution >= 0.6 is 0 Å². The number of fused-ring (bicyclic) bond motifs is 1. The van der Waals surface area contributed by atoms with E-state index in [-0.39, 0.29) is 12.5 Å². The van der Waals surface area contributed by atoms with E-state index in [1.54, 1.807) is 6.26 Å². The standard InChI is InChI=1S/C20H21NO3/c1-14-7-8-17(11-15(14)2)23-13-20(22)21-10-9-16-12-24-19-6-4-3-5-18(16)19/h3-8,11-12H,9-10,13H2,1-2H3,(H,21,22). The first kappa shape index (κ1) is 16.1. The number of rotatable bonds is 6. The summed E-state index contributed by atoms with van der Waals surface area (Å²) >= 11 is 0. The summed E-state index contributed by atoms with van der Waals surface area (Å²) < 4.78 is 11.0. The predicted molar refractivity (Wildman–Crippen MR) is 94.3 cm³/mol. The minimum Gasteiger partial charge on any atom is -0.484 e. The molecule has 2 aromatic carbocycles. The molecular weight excluding hydrogens is 302 g/mol. The Morgan fingerprint density at radius 2 is 1.96 bits per heavy atom. The number of hydrogen-bond acceptors (Lipinski definition) is 3. The number of nitrogens with one attached hydrogen (secondary N) is 1. The van der Waals surface area contributed by atoms with Gasteiger partial charge in [-0.3, -0.25) is 4.79 Å². The molecule has 4 heteroatoms. The number of ether oxygens (including phenoxy) is 1. The number of furan rings is 1. The van der Waals surface area contributed by atoms with Gasteiger partial charge < -0.3 is 14.5 Å². The van der Waals surface area contributed by atoms with Crippen LogP contribution < -0.4 is 10.1 Å². The van der Waals surface area contributed by atoms with Crippen molar-refractivity contribution in [3.8, 4) is 5.75 Å². The summed E-state index contributed by atoms with van der Waals surface area (Å²) in [5.74, 6) is 0.593. The van der Waals surface area contributed by atoms with Gasteiger partial charge in [0.25, 0.3) is 5.91 Å². The van der Waals surface area contributed by atoms with Crippen molar-refractivity contribution in [2.75, 3.05) is 13.2 Å². The molecule has 1 heterocycles. The topological polar surface area (TPSA) is 51.5 Å². The number of aryl methyl sites for hydroxylation is 2. The monoisotopic (exact) mass is 323 g/mol. The molecule has 3 aromatic rings. The van der Waals surface area contributed by atoms with E-state index in [1.807, 2.05) is 56.3 Å². The molecule has 0 atom stereocenters. The summed E-state index contributed by atoms with van der Waals surface area (Å²) in [5, 5.41) is 3.97. The highest BCUT2D eigenvalue weighted by atomic mass is 16.5. The van der Waals surface area contributed by atoms with Crippen LogP contribution in [0.25, 0.3) is 11.0 Å². The lowest BCUT2D eigenvalue weighted by Gasteiger charge is -2.09. The largest absolute Gasteiger partial charge is 0.484 e. The lowest BCUT2D eigenvalue weighted by Crippen LogP contribution is -2.30. The fourth-order valence-corrected chi connectivity index (χ4v) is 2.57. The third-order valence-electron chi connectivity index (χ3n) is 4.13. The zero-order chi connectivity index (χ0) is 16.9. The SMILES string of the molecule is Cc1ccc(OCC(=O)NCCc2coc3ccccc23)cc1C. The fraction of sp³-hybridized carbons (Fsp3) is 0.250. The van der Waals surface area contributed by atoms with Crippen molar-refractivity contribution in [3.63, 3.8) is 0 Å². The van der Waals surface area contributed by atoms with E-state index in [1.165, 1.54) is 5.56 Å². The Morgan fingerprint density at radius 3 is 2.79 bits per heavy atom. The molecule has 0 aliphatic heterocycles. The summed E-state index contributed by atoms with van der Waals surface area (Å²) in [5.41, 5.74) is 4.33. The molecule has 3 rings (SSSR count). The number of para-hydroxylation sites is 1. The highest BCUT2D eigenvalue weighted by Crippen LogP contribution is 2.20. The van der Waals surface area contributed by atoms with Crippen molar-refractivity contribution >= 4 is 16.9 Å². The number of carbonyl (C=O) groups is 1. The first-order valence-corrected chi connectivity index (χ1v) is 8.05. The Bertz CT molecular complexity index is 851. The van der Waals surface area contributed by atoms with Crippen molar-refractivity contribution in [1.29, 1.82) is 0 Å². The van der Waals surface area contributed by atoms with Crippen molar-refractivity contribution in [2.24, 2.45) is 0 Å². The molecule has 0 fully saturated rings. The van der Waals surface area contributed by atoms with Crippen molar-refractivity contribution in [2.45, 2.75) is 20.3 Å². The van der Waals surface area contributed by atoms with Crippen LogP contribution in [0.15, 0.2) is 53.1 Å². The van der Waals surface area contributed by atoms with Gasteiger partial charge in [-0.05, 0) is 55.2 Å². The minimum absolute atomic E-state index is 0.0225. The Hall–Kier alpha value is -2.75. The molecule has 4 nitrogen and oxygen atoms in total. The summed E-state index contributed by atoms with van der Waals surface area (Å²) in [7, 11) is 0. The van der Waals surface area contributed by atoms with Crippen LogP contribution in [0.3, 0.4) is 0 Å². The number of carbonyl (C=O) groups excluding carboxylic acids is 1. The Morgan fingerprint density at radius 1 is 1.12 bits per heavy atom. The highest BCUT2D eigenvalue weighted by molar-refractivity contribution is 5.81. The molecule has 0 saturated carbocycles. The highest BCUT2D eigenvalue weighted by Gasteiger charge is 2.07. The van der Waals surface area contributed by atoms with E-state index < -0.39 is 0 Å². The van der Waals surface area contributed by atoms with Gasteiger partial charge in [0.15, 0.2) is 6.61 Å². The normalized spacial score (nSPS) is 10.8. The van der Waals surface area contributed by atoms with Gasteiger partial charge in [-0.2, -0.15) is 0 Å². The Kier molecular flexibility index (Phi) is 4.85. The summed E-state index contributed by atoms with van der Waals surface area (Å²) in [6.45, 7) is 4.65. The first-order valence-electron chi connectivity index (χ1n) is 8.05. The van der Waals surface area contributed by atoms with Crippen LogP contribution in [0.2, 0.25) is 0 Å². The van der Waals surface area contributed by atoms with E-state index in [0.29, 0.717) is 12.3 Å². The second-order valence-electron chi connectivity index (χ2n) is 5.89. The Balaban J connectivity index is 1.46. The minimum atomic E-state index is -0.124. The van der Waals surface area contributed by atoms with Crippen LogP contribution in [0.5, 0.6) is 5.75 Å². The van der Waals surface area contributed by atoms with E-state index in [4.69, 9.17) is 9.15 Å². The molecule has 1 aromatic heterocycles. The maximum absolute atomic E-state index is 11.9. The maximum Gasteiger partial charge on any atom is 0.257 e. The molecule has 0 saturated heterocycles. The average molecular weight is 323 g/mol. The van der Waals surface area contributed by atoms with E-state index in [9.17, 15) is 4.79 Å². The molecule has 24 heavy (non-hydrogen) atoms. The predicted octanol–water partition coefficient (Wildman–Crippen LogP) is 3.79. The van der Waals surface area contributed by atoms with E-state index >= 15 is 0 Å². The number of amides is 1. The zero-order valence-electron chi connectivity index (χ0n) is 14.0. The molecule has 124 valence electrons. The lowest BCUT2D eigenvalue weighted by atomic mass is 10.1. The van der Waals surface area contributed by atoms with E-state index in [2.05, 4.69) is 5.32 Å². The molecular formula is C20H21NO3. The number of benzene rings is 2. The summed E-state index contributed by atoms with van der Waals surface area (Å²) in [6, 6.07) is 13.7. The van der Waals surface area contributed by atoms with Gasteiger partial charge in [0.05, 0.1) is 6.26 Å². The third-order valence-corrected chi connectivity index (χ3v) is 4.13. The Labute approximate surface area is 141 Å². The van der Waals surface area contributed by atoms with Crippen LogP contribution in [0, 0.1) is 13.8 Å². The van der Waals surface area contributed by atoms with Gasteiger partial charge in [0, 0.05) is 11.9 Å². The van der Waals surface area contributed by atoms with Gasteiger partial charge in [0.2, 0.25) is 0 Å². The molecule has 1 amide bonds. The van der Waals surface area contributed by atoms with E-state index in [0.717, 1.165) is 28.5 Å². The molecule has 1 N–H and O–H groups in total.